The molecule has 0 unspecified atom stereocenters. The Balaban J connectivity index is 1.42. The quantitative estimate of drug-likeness (QED) is 0.889. The molecule has 0 spiro atoms. The molecular weight excluding hydrogens is 315 g/mol. The fourth-order valence-electron chi connectivity index (χ4n) is 4.88. The molecular formula is C17H24FN2O2S+. The van der Waals surface area contributed by atoms with Crippen molar-refractivity contribution in [2.45, 2.75) is 36.6 Å². The molecule has 1 aromatic rings. The highest BCUT2D eigenvalue weighted by atomic mass is 32.2. The van der Waals surface area contributed by atoms with Gasteiger partial charge in [-0.25, -0.2) is 12.8 Å². The van der Waals surface area contributed by atoms with Crippen LogP contribution in [0.1, 0.15) is 25.7 Å². The van der Waals surface area contributed by atoms with Crippen molar-refractivity contribution >= 4 is 10.0 Å². The number of hydrogen-bond acceptors (Lipinski definition) is 2. The van der Waals surface area contributed by atoms with Crippen molar-refractivity contribution in [3.8, 4) is 0 Å². The maximum absolute atomic E-state index is 13.0. The second-order valence-electron chi connectivity index (χ2n) is 7.30. The first-order valence-corrected chi connectivity index (χ1v) is 10.1. The van der Waals surface area contributed by atoms with Gasteiger partial charge in [0.15, 0.2) is 0 Å². The molecule has 0 amide bonds. The van der Waals surface area contributed by atoms with E-state index in [9.17, 15) is 12.8 Å². The molecule has 3 aliphatic rings. The molecule has 1 N–H and O–H groups in total. The first-order valence-electron chi connectivity index (χ1n) is 8.64. The normalized spacial score (nSPS) is 32.5. The maximum atomic E-state index is 13.0. The van der Waals surface area contributed by atoms with Gasteiger partial charge in [0.25, 0.3) is 0 Å². The van der Waals surface area contributed by atoms with Gasteiger partial charge in [0.1, 0.15) is 5.82 Å². The van der Waals surface area contributed by atoms with Crippen LogP contribution in [0.15, 0.2) is 29.2 Å². The van der Waals surface area contributed by atoms with Crippen molar-refractivity contribution in [1.82, 2.24) is 4.31 Å². The van der Waals surface area contributed by atoms with Gasteiger partial charge >= 0.3 is 0 Å². The number of fused-ring (bicyclic) bond motifs is 2. The van der Waals surface area contributed by atoms with E-state index in [0.717, 1.165) is 31.0 Å². The Hall–Kier alpha value is -0.980. The molecule has 3 fully saturated rings. The number of rotatable bonds is 3. The molecule has 1 heterocycles. The Kier molecular flexibility index (Phi) is 3.94. The van der Waals surface area contributed by atoms with Gasteiger partial charge in [0.05, 0.1) is 37.1 Å². The lowest BCUT2D eigenvalue weighted by atomic mass is 9.93. The first-order chi connectivity index (χ1) is 11.0. The van der Waals surface area contributed by atoms with Gasteiger partial charge in [-0.2, -0.15) is 4.31 Å². The molecule has 1 aromatic carbocycles. The van der Waals surface area contributed by atoms with Gasteiger partial charge < -0.3 is 4.90 Å². The fourth-order valence-corrected chi connectivity index (χ4v) is 6.33. The molecule has 126 valence electrons. The van der Waals surface area contributed by atoms with Crippen molar-refractivity contribution in [3.05, 3.63) is 30.1 Å². The third-order valence-corrected chi connectivity index (χ3v) is 7.99. The Bertz CT molecular complexity index is 668. The van der Waals surface area contributed by atoms with Crippen molar-refractivity contribution in [1.29, 1.82) is 0 Å². The molecule has 4 nitrogen and oxygen atoms in total. The number of nitrogens with one attached hydrogen (secondary N) is 1. The van der Waals surface area contributed by atoms with Gasteiger partial charge in [0.2, 0.25) is 10.0 Å². The van der Waals surface area contributed by atoms with Crippen LogP contribution in [0, 0.1) is 17.7 Å². The van der Waals surface area contributed by atoms with E-state index in [0.29, 0.717) is 13.1 Å². The number of benzene rings is 1. The minimum atomic E-state index is -3.48. The standard InChI is InChI=1S/C17H23FN2O2S/c18-15-3-5-16(6-4-15)23(21,22)20-9-7-19(8-10-20)17-12-13-1-2-14(17)11-13/h3-6,13-14,17H,1-2,7-12H2/p+1/t13-,14+,17+/m0/s1. The molecule has 4 rings (SSSR count). The topological polar surface area (TPSA) is 41.8 Å². The summed E-state index contributed by atoms with van der Waals surface area (Å²) < 4.78 is 39.9. The maximum Gasteiger partial charge on any atom is 0.243 e. The van der Waals surface area contributed by atoms with Gasteiger partial charge in [-0.05, 0) is 49.4 Å². The molecule has 2 saturated carbocycles. The third kappa shape index (κ3) is 2.81. The van der Waals surface area contributed by atoms with Gasteiger partial charge in [-0.1, -0.05) is 0 Å². The highest BCUT2D eigenvalue weighted by molar-refractivity contribution is 7.89. The van der Waals surface area contributed by atoms with Crippen LogP contribution in [0.25, 0.3) is 0 Å². The van der Waals surface area contributed by atoms with E-state index in [1.807, 2.05) is 0 Å². The largest absolute Gasteiger partial charge is 0.330 e. The lowest BCUT2D eigenvalue weighted by Crippen LogP contribution is -3.18. The predicted molar refractivity (Wildman–Crippen MR) is 85.1 cm³/mol. The van der Waals surface area contributed by atoms with Gasteiger partial charge in [-0.3, -0.25) is 0 Å². The van der Waals surface area contributed by atoms with Crippen LogP contribution in [0.5, 0.6) is 0 Å². The monoisotopic (exact) mass is 339 g/mol. The lowest BCUT2D eigenvalue weighted by molar-refractivity contribution is -0.932. The summed E-state index contributed by atoms with van der Waals surface area (Å²) in [6.07, 6.45) is 5.51. The summed E-state index contributed by atoms with van der Waals surface area (Å²) in [5, 5.41) is 0. The zero-order valence-electron chi connectivity index (χ0n) is 13.2. The second-order valence-corrected chi connectivity index (χ2v) is 9.24. The van der Waals surface area contributed by atoms with Crippen LogP contribution >= 0.6 is 0 Å². The Morgan fingerprint density at radius 3 is 2.30 bits per heavy atom. The van der Waals surface area contributed by atoms with E-state index in [-0.39, 0.29) is 4.90 Å². The third-order valence-electron chi connectivity index (χ3n) is 6.08. The highest BCUT2D eigenvalue weighted by Gasteiger charge is 2.46. The van der Waals surface area contributed by atoms with Crippen molar-refractivity contribution < 1.29 is 17.7 Å². The average molecular weight is 339 g/mol. The van der Waals surface area contributed by atoms with Crippen molar-refractivity contribution in [3.63, 3.8) is 0 Å². The number of nitrogens with zero attached hydrogens (tertiary/aromatic N) is 1. The van der Waals surface area contributed by atoms with Crippen LogP contribution in [0.2, 0.25) is 0 Å². The number of sulfonamides is 1. The van der Waals surface area contributed by atoms with E-state index in [4.69, 9.17) is 0 Å². The molecule has 3 atom stereocenters. The number of halogens is 1. The SMILES string of the molecule is O=S(=O)(c1ccc(F)cc1)N1CC[NH+]([C@@H]2C[C@H]3CC[C@@H]2C3)CC1. The Morgan fingerprint density at radius 2 is 1.74 bits per heavy atom. The van der Waals surface area contributed by atoms with Crippen molar-refractivity contribution in [2.75, 3.05) is 26.2 Å². The van der Waals surface area contributed by atoms with Gasteiger partial charge in [0, 0.05) is 12.3 Å². The van der Waals surface area contributed by atoms with Crippen LogP contribution < -0.4 is 4.90 Å². The molecule has 1 aliphatic heterocycles. The molecule has 1 saturated heterocycles. The van der Waals surface area contributed by atoms with Crippen LogP contribution in [0.4, 0.5) is 4.39 Å². The summed E-state index contributed by atoms with van der Waals surface area (Å²) in [6.45, 7) is 2.94. The van der Waals surface area contributed by atoms with Crippen molar-refractivity contribution in [2.24, 2.45) is 11.8 Å². The predicted octanol–water partition coefficient (Wildman–Crippen LogP) is 0.903. The van der Waals surface area contributed by atoms with E-state index in [1.165, 1.54) is 49.9 Å². The van der Waals surface area contributed by atoms with E-state index in [2.05, 4.69) is 0 Å². The van der Waals surface area contributed by atoms with E-state index < -0.39 is 15.8 Å². The number of quaternary nitrogens is 1. The summed E-state index contributed by atoms with van der Waals surface area (Å²) in [5.74, 6) is 1.39. The summed E-state index contributed by atoms with van der Waals surface area (Å²) in [6, 6.07) is 5.90. The molecule has 6 heteroatoms. The minimum Gasteiger partial charge on any atom is -0.330 e. The first kappa shape index (κ1) is 15.5. The number of hydrogen-bond donors (Lipinski definition) is 1. The zero-order valence-corrected chi connectivity index (χ0v) is 14.1. The molecule has 23 heavy (non-hydrogen) atoms. The van der Waals surface area contributed by atoms with Crippen LogP contribution in [-0.2, 0) is 10.0 Å². The minimum absolute atomic E-state index is 0.197. The molecule has 2 aliphatic carbocycles. The fraction of sp³-hybridized carbons (Fsp3) is 0.647. The highest BCUT2D eigenvalue weighted by Crippen LogP contribution is 2.43. The Morgan fingerprint density at radius 1 is 1.04 bits per heavy atom. The zero-order chi connectivity index (χ0) is 16.0. The van der Waals surface area contributed by atoms with E-state index >= 15 is 0 Å². The number of piperazine rings is 1. The lowest BCUT2D eigenvalue weighted by Gasteiger charge is -2.37. The van der Waals surface area contributed by atoms with E-state index in [1.54, 1.807) is 9.21 Å². The van der Waals surface area contributed by atoms with Gasteiger partial charge in [-0.15, -0.1) is 0 Å². The summed E-state index contributed by atoms with van der Waals surface area (Å²) in [5.41, 5.74) is 0. The smallest absolute Gasteiger partial charge is 0.243 e. The average Bonchev–Trinajstić information content (AvgIpc) is 3.18. The molecule has 2 bridgehead atoms. The summed E-state index contributed by atoms with van der Waals surface area (Å²) >= 11 is 0. The second kappa shape index (κ2) is 5.83. The summed E-state index contributed by atoms with van der Waals surface area (Å²) in [4.78, 5) is 1.80. The summed E-state index contributed by atoms with van der Waals surface area (Å²) in [7, 11) is -3.48. The molecule has 0 radical (unpaired) electrons. The Labute approximate surface area is 137 Å². The van der Waals surface area contributed by atoms with Crippen LogP contribution in [-0.4, -0.2) is 44.9 Å². The van der Waals surface area contributed by atoms with Crippen LogP contribution in [0.3, 0.4) is 0 Å². The molecule has 0 aromatic heterocycles.